The standard InChI is InChI=1S/C16H25NO3/c1-4-7-10-17-16(18)13-8-9-14(20-11-5-2)15(12-13)19-6-3/h8-9,12H,4-7,10-11H2,1-3H3,(H,17,18). The van der Waals surface area contributed by atoms with E-state index < -0.39 is 0 Å². The van der Waals surface area contributed by atoms with Gasteiger partial charge in [0, 0.05) is 12.1 Å². The van der Waals surface area contributed by atoms with Gasteiger partial charge in [-0.15, -0.1) is 0 Å². The number of ether oxygens (including phenoxy) is 2. The fourth-order valence-corrected chi connectivity index (χ4v) is 1.73. The van der Waals surface area contributed by atoms with Crippen molar-refractivity contribution in [3.63, 3.8) is 0 Å². The van der Waals surface area contributed by atoms with E-state index in [-0.39, 0.29) is 5.91 Å². The summed E-state index contributed by atoms with van der Waals surface area (Å²) in [6.45, 7) is 7.95. The summed E-state index contributed by atoms with van der Waals surface area (Å²) in [6, 6.07) is 5.32. The van der Waals surface area contributed by atoms with E-state index in [1.54, 1.807) is 18.2 Å². The maximum absolute atomic E-state index is 12.0. The van der Waals surface area contributed by atoms with Crippen molar-refractivity contribution in [1.29, 1.82) is 0 Å². The number of hydrogen-bond donors (Lipinski definition) is 1. The Balaban J connectivity index is 2.77. The van der Waals surface area contributed by atoms with Crippen LogP contribution in [0.1, 0.15) is 50.4 Å². The molecule has 0 bridgehead atoms. The lowest BCUT2D eigenvalue weighted by atomic mass is 10.2. The van der Waals surface area contributed by atoms with Gasteiger partial charge in [0.25, 0.3) is 5.91 Å². The van der Waals surface area contributed by atoms with Crippen LogP contribution in [-0.4, -0.2) is 25.7 Å². The molecule has 0 unspecified atom stereocenters. The van der Waals surface area contributed by atoms with Crippen molar-refractivity contribution in [1.82, 2.24) is 5.32 Å². The minimum absolute atomic E-state index is 0.0681. The third-order valence-electron chi connectivity index (χ3n) is 2.78. The molecule has 0 fully saturated rings. The lowest BCUT2D eigenvalue weighted by Crippen LogP contribution is -2.24. The zero-order valence-electron chi connectivity index (χ0n) is 12.7. The van der Waals surface area contributed by atoms with Gasteiger partial charge < -0.3 is 14.8 Å². The van der Waals surface area contributed by atoms with Crippen LogP contribution >= 0.6 is 0 Å². The molecule has 1 rings (SSSR count). The molecule has 0 heterocycles. The van der Waals surface area contributed by atoms with Gasteiger partial charge in [-0.25, -0.2) is 0 Å². The summed E-state index contributed by atoms with van der Waals surface area (Å²) >= 11 is 0. The van der Waals surface area contributed by atoms with Gasteiger partial charge in [0.1, 0.15) is 0 Å². The van der Waals surface area contributed by atoms with Crippen LogP contribution in [0.3, 0.4) is 0 Å². The number of carbonyl (C=O) groups is 1. The predicted octanol–water partition coefficient (Wildman–Crippen LogP) is 3.40. The highest BCUT2D eigenvalue weighted by Gasteiger charge is 2.11. The first-order chi connectivity index (χ1) is 9.72. The van der Waals surface area contributed by atoms with E-state index in [0.717, 1.165) is 19.3 Å². The van der Waals surface area contributed by atoms with E-state index in [1.165, 1.54) is 0 Å². The molecule has 4 nitrogen and oxygen atoms in total. The molecule has 0 aliphatic carbocycles. The number of amides is 1. The third kappa shape index (κ3) is 5.11. The minimum Gasteiger partial charge on any atom is -0.490 e. The molecule has 0 saturated heterocycles. The zero-order chi connectivity index (χ0) is 14.8. The SMILES string of the molecule is CCCCNC(=O)c1ccc(OCCC)c(OCC)c1. The maximum Gasteiger partial charge on any atom is 0.251 e. The number of benzene rings is 1. The predicted molar refractivity (Wildman–Crippen MR) is 80.6 cm³/mol. The quantitative estimate of drug-likeness (QED) is 0.705. The average Bonchev–Trinajstić information content (AvgIpc) is 2.46. The molecule has 4 heteroatoms. The molecule has 20 heavy (non-hydrogen) atoms. The zero-order valence-corrected chi connectivity index (χ0v) is 12.7. The molecule has 0 atom stereocenters. The van der Waals surface area contributed by atoms with Gasteiger partial charge in [0.2, 0.25) is 0 Å². The molecule has 1 N–H and O–H groups in total. The van der Waals surface area contributed by atoms with Gasteiger partial charge in [-0.2, -0.15) is 0 Å². The van der Waals surface area contributed by atoms with E-state index >= 15 is 0 Å². The maximum atomic E-state index is 12.0. The van der Waals surface area contributed by atoms with Crippen LogP contribution in [-0.2, 0) is 0 Å². The summed E-state index contributed by atoms with van der Waals surface area (Å²) < 4.78 is 11.2. The normalized spacial score (nSPS) is 10.2. The number of rotatable bonds is 9. The van der Waals surface area contributed by atoms with Gasteiger partial charge in [-0.1, -0.05) is 20.3 Å². The minimum atomic E-state index is -0.0681. The molecule has 0 aliphatic heterocycles. The van der Waals surface area contributed by atoms with Gasteiger partial charge in [0.05, 0.1) is 13.2 Å². The Kier molecular flexibility index (Phi) is 7.55. The second-order valence-electron chi connectivity index (χ2n) is 4.55. The van der Waals surface area contributed by atoms with Crippen molar-refractivity contribution in [3.8, 4) is 11.5 Å². The summed E-state index contributed by atoms with van der Waals surface area (Å²) in [7, 11) is 0. The van der Waals surface area contributed by atoms with Crippen molar-refractivity contribution in [2.24, 2.45) is 0 Å². The number of carbonyl (C=O) groups excluding carboxylic acids is 1. The molecule has 1 aromatic carbocycles. The molecule has 1 aromatic rings. The Bertz CT molecular complexity index is 418. The first-order valence-electron chi connectivity index (χ1n) is 7.40. The van der Waals surface area contributed by atoms with Crippen LogP contribution < -0.4 is 14.8 Å². The second kappa shape index (κ2) is 9.23. The fourth-order valence-electron chi connectivity index (χ4n) is 1.73. The van der Waals surface area contributed by atoms with Gasteiger partial charge in [-0.05, 0) is 38.0 Å². The summed E-state index contributed by atoms with van der Waals surface area (Å²) in [6.07, 6.45) is 2.99. The largest absolute Gasteiger partial charge is 0.490 e. The Morgan fingerprint density at radius 3 is 2.55 bits per heavy atom. The Morgan fingerprint density at radius 2 is 1.90 bits per heavy atom. The highest BCUT2D eigenvalue weighted by Crippen LogP contribution is 2.28. The van der Waals surface area contributed by atoms with E-state index in [0.29, 0.717) is 36.8 Å². The highest BCUT2D eigenvalue weighted by molar-refractivity contribution is 5.94. The Morgan fingerprint density at radius 1 is 1.10 bits per heavy atom. The summed E-state index contributed by atoms with van der Waals surface area (Å²) in [5.41, 5.74) is 0.605. The van der Waals surface area contributed by atoms with Gasteiger partial charge >= 0.3 is 0 Å². The van der Waals surface area contributed by atoms with Crippen LogP contribution in [0.2, 0.25) is 0 Å². The Labute approximate surface area is 121 Å². The monoisotopic (exact) mass is 279 g/mol. The van der Waals surface area contributed by atoms with Gasteiger partial charge in [0.15, 0.2) is 11.5 Å². The Hall–Kier alpha value is -1.71. The van der Waals surface area contributed by atoms with Crippen molar-refractivity contribution in [2.45, 2.75) is 40.0 Å². The van der Waals surface area contributed by atoms with E-state index in [1.807, 2.05) is 6.92 Å². The fraction of sp³-hybridized carbons (Fsp3) is 0.562. The third-order valence-corrected chi connectivity index (χ3v) is 2.78. The molecule has 0 spiro atoms. The number of unbranched alkanes of at least 4 members (excludes halogenated alkanes) is 1. The molecule has 0 aromatic heterocycles. The molecule has 1 amide bonds. The summed E-state index contributed by atoms with van der Waals surface area (Å²) in [5.74, 6) is 1.25. The molecule has 0 aliphatic rings. The lowest BCUT2D eigenvalue weighted by Gasteiger charge is -2.13. The van der Waals surface area contributed by atoms with Crippen LogP contribution in [0.15, 0.2) is 18.2 Å². The van der Waals surface area contributed by atoms with Crippen LogP contribution in [0.5, 0.6) is 11.5 Å². The molecule has 112 valence electrons. The van der Waals surface area contributed by atoms with E-state index in [2.05, 4.69) is 19.2 Å². The van der Waals surface area contributed by atoms with E-state index in [4.69, 9.17) is 9.47 Å². The first kappa shape index (κ1) is 16.3. The van der Waals surface area contributed by atoms with Crippen molar-refractivity contribution in [3.05, 3.63) is 23.8 Å². The highest BCUT2D eigenvalue weighted by atomic mass is 16.5. The number of hydrogen-bond acceptors (Lipinski definition) is 3. The topological polar surface area (TPSA) is 47.6 Å². The smallest absolute Gasteiger partial charge is 0.251 e. The van der Waals surface area contributed by atoms with Crippen LogP contribution in [0, 0.1) is 0 Å². The molecule has 0 saturated carbocycles. The number of nitrogens with one attached hydrogen (secondary N) is 1. The van der Waals surface area contributed by atoms with Crippen LogP contribution in [0.25, 0.3) is 0 Å². The summed E-state index contributed by atoms with van der Waals surface area (Å²) in [5, 5.41) is 2.90. The molecular weight excluding hydrogens is 254 g/mol. The van der Waals surface area contributed by atoms with Gasteiger partial charge in [-0.3, -0.25) is 4.79 Å². The lowest BCUT2D eigenvalue weighted by molar-refractivity contribution is 0.0952. The first-order valence-corrected chi connectivity index (χ1v) is 7.40. The van der Waals surface area contributed by atoms with Crippen molar-refractivity contribution in [2.75, 3.05) is 19.8 Å². The van der Waals surface area contributed by atoms with Crippen molar-refractivity contribution < 1.29 is 14.3 Å². The average molecular weight is 279 g/mol. The second-order valence-corrected chi connectivity index (χ2v) is 4.55. The van der Waals surface area contributed by atoms with Crippen LogP contribution in [0.4, 0.5) is 0 Å². The van der Waals surface area contributed by atoms with E-state index in [9.17, 15) is 4.79 Å². The molecular formula is C16H25NO3. The summed E-state index contributed by atoms with van der Waals surface area (Å²) in [4.78, 5) is 12.0. The van der Waals surface area contributed by atoms with Crippen molar-refractivity contribution >= 4 is 5.91 Å². The molecule has 0 radical (unpaired) electrons.